The van der Waals surface area contributed by atoms with Crippen LogP contribution in [0.5, 0.6) is 0 Å². The van der Waals surface area contributed by atoms with Gasteiger partial charge in [-0.2, -0.15) is 15.0 Å². The molecule has 0 atom stereocenters. The normalized spacial score (nSPS) is 11.8. The molecule has 5 nitrogen and oxygen atoms in total. The SMILES string of the molecule is CCn1nc(CNC(C)(C)CO)c(-c2ccccc2)n1. The smallest absolute Gasteiger partial charge is 0.117 e. The Kier molecular flexibility index (Phi) is 4.52. The van der Waals surface area contributed by atoms with Gasteiger partial charge in [-0.3, -0.25) is 0 Å². The highest BCUT2D eigenvalue weighted by atomic mass is 16.3. The molecule has 1 aromatic heterocycles. The van der Waals surface area contributed by atoms with E-state index >= 15 is 0 Å². The molecule has 20 heavy (non-hydrogen) atoms. The van der Waals surface area contributed by atoms with Crippen LogP contribution in [0, 0.1) is 0 Å². The summed E-state index contributed by atoms with van der Waals surface area (Å²) in [6.45, 7) is 7.33. The summed E-state index contributed by atoms with van der Waals surface area (Å²) in [5.41, 5.74) is 2.53. The number of benzene rings is 1. The number of hydrogen-bond donors (Lipinski definition) is 2. The van der Waals surface area contributed by atoms with Crippen LogP contribution in [0.3, 0.4) is 0 Å². The molecule has 1 aromatic carbocycles. The number of aliphatic hydroxyl groups excluding tert-OH is 1. The molecule has 108 valence electrons. The second-order valence-electron chi connectivity index (χ2n) is 5.45. The van der Waals surface area contributed by atoms with Crippen molar-refractivity contribution in [2.24, 2.45) is 0 Å². The van der Waals surface area contributed by atoms with E-state index in [2.05, 4.69) is 15.5 Å². The molecule has 0 fully saturated rings. The molecule has 0 radical (unpaired) electrons. The van der Waals surface area contributed by atoms with Gasteiger partial charge in [-0.05, 0) is 20.8 Å². The van der Waals surface area contributed by atoms with Crippen molar-refractivity contribution in [3.05, 3.63) is 36.0 Å². The number of aliphatic hydroxyl groups is 1. The van der Waals surface area contributed by atoms with Gasteiger partial charge in [0.05, 0.1) is 13.2 Å². The summed E-state index contributed by atoms with van der Waals surface area (Å²) in [7, 11) is 0. The highest BCUT2D eigenvalue weighted by molar-refractivity contribution is 5.60. The minimum Gasteiger partial charge on any atom is -0.394 e. The summed E-state index contributed by atoms with van der Waals surface area (Å²) >= 11 is 0. The number of nitrogens with zero attached hydrogens (tertiary/aromatic N) is 3. The lowest BCUT2D eigenvalue weighted by Crippen LogP contribution is -2.42. The van der Waals surface area contributed by atoms with Crippen LogP contribution < -0.4 is 5.32 Å². The number of nitrogens with one attached hydrogen (secondary N) is 1. The van der Waals surface area contributed by atoms with E-state index in [4.69, 9.17) is 0 Å². The number of hydrogen-bond acceptors (Lipinski definition) is 4. The fourth-order valence-electron chi connectivity index (χ4n) is 1.84. The third-order valence-corrected chi connectivity index (χ3v) is 3.18. The third kappa shape index (κ3) is 3.43. The van der Waals surface area contributed by atoms with E-state index in [0.717, 1.165) is 23.5 Å². The maximum absolute atomic E-state index is 9.31. The molecule has 1 heterocycles. The average Bonchev–Trinajstić information content (AvgIpc) is 2.90. The van der Waals surface area contributed by atoms with Crippen LogP contribution >= 0.6 is 0 Å². The Hall–Kier alpha value is -1.72. The average molecular weight is 274 g/mol. The highest BCUT2D eigenvalue weighted by Gasteiger charge is 2.18. The first-order chi connectivity index (χ1) is 9.55. The molecule has 0 aliphatic rings. The molecule has 2 aromatic rings. The summed E-state index contributed by atoms with van der Waals surface area (Å²) in [6.07, 6.45) is 0. The van der Waals surface area contributed by atoms with Crippen molar-refractivity contribution in [1.29, 1.82) is 0 Å². The van der Waals surface area contributed by atoms with E-state index in [1.165, 1.54) is 0 Å². The van der Waals surface area contributed by atoms with Crippen molar-refractivity contribution < 1.29 is 5.11 Å². The lowest BCUT2D eigenvalue weighted by atomic mass is 10.1. The van der Waals surface area contributed by atoms with Gasteiger partial charge in [0, 0.05) is 17.6 Å². The first-order valence-corrected chi connectivity index (χ1v) is 6.91. The van der Waals surface area contributed by atoms with Gasteiger partial charge >= 0.3 is 0 Å². The van der Waals surface area contributed by atoms with E-state index in [1.54, 1.807) is 4.80 Å². The molecule has 2 N–H and O–H groups in total. The van der Waals surface area contributed by atoms with Gasteiger partial charge in [0.1, 0.15) is 11.4 Å². The Morgan fingerprint density at radius 1 is 1.20 bits per heavy atom. The molecule has 0 bridgehead atoms. The van der Waals surface area contributed by atoms with Gasteiger partial charge in [0.25, 0.3) is 0 Å². The molecular weight excluding hydrogens is 252 g/mol. The molecule has 0 spiro atoms. The van der Waals surface area contributed by atoms with Crippen molar-refractivity contribution in [3.8, 4) is 11.3 Å². The molecular formula is C15H22N4O. The molecule has 0 aliphatic heterocycles. The van der Waals surface area contributed by atoms with Gasteiger partial charge < -0.3 is 10.4 Å². The molecule has 2 rings (SSSR count). The van der Waals surface area contributed by atoms with Crippen molar-refractivity contribution >= 4 is 0 Å². The van der Waals surface area contributed by atoms with Crippen LogP contribution in [0.25, 0.3) is 11.3 Å². The number of aromatic nitrogens is 3. The monoisotopic (exact) mass is 274 g/mol. The Labute approximate surface area is 119 Å². The quantitative estimate of drug-likeness (QED) is 0.843. The van der Waals surface area contributed by atoms with E-state index in [1.807, 2.05) is 51.1 Å². The summed E-state index contributed by atoms with van der Waals surface area (Å²) in [5.74, 6) is 0. The first kappa shape index (κ1) is 14.7. The highest BCUT2D eigenvalue weighted by Crippen LogP contribution is 2.20. The summed E-state index contributed by atoms with van der Waals surface area (Å²) < 4.78 is 0. The van der Waals surface area contributed by atoms with E-state index in [9.17, 15) is 5.11 Å². The van der Waals surface area contributed by atoms with Crippen molar-refractivity contribution in [1.82, 2.24) is 20.3 Å². The molecule has 0 saturated heterocycles. The lowest BCUT2D eigenvalue weighted by Gasteiger charge is -2.23. The number of aryl methyl sites for hydroxylation is 1. The van der Waals surface area contributed by atoms with Crippen LogP contribution in [0.4, 0.5) is 0 Å². The third-order valence-electron chi connectivity index (χ3n) is 3.18. The standard InChI is InChI=1S/C15H22N4O/c1-4-19-17-13(10-16-15(2,3)11-20)14(18-19)12-8-6-5-7-9-12/h5-9,16,20H,4,10-11H2,1-3H3. The summed E-state index contributed by atoms with van der Waals surface area (Å²) in [5, 5.41) is 21.6. The van der Waals surface area contributed by atoms with Gasteiger partial charge in [0.15, 0.2) is 0 Å². The van der Waals surface area contributed by atoms with Crippen LogP contribution in [0.1, 0.15) is 26.5 Å². The topological polar surface area (TPSA) is 63.0 Å². The first-order valence-electron chi connectivity index (χ1n) is 6.91. The molecule has 0 aliphatic carbocycles. The Morgan fingerprint density at radius 2 is 1.90 bits per heavy atom. The minimum atomic E-state index is -0.329. The molecule has 0 amide bonds. The zero-order valence-corrected chi connectivity index (χ0v) is 12.3. The Morgan fingerprint density at radius 3 is 2.50 bits per heavy atom. The molecule has 5 heteroatoms. The fourth-order valence-corrected chi connectivity index (χ4v) is 1.84. The van der Waals surface area contributed by atoms with Gasteiger partial charge in [-0.1, -0.05) is 30.3 Å². The molecule has 0 unspecified atom stereocenters. The van der Waals surface area contributed by atoms with Gasteiger partial charge in [-0.15, -0.1) is 0 Å². The van der Waals surface area contributed by atoms with E-state index in [0.29, 0.717) is 6.54 Å². The van der Waals surface area contributed by atoms with Gasteiger partial charge in [-0.25, -0.2) is 0 Å². The predicted octanol–water partition coefficient (Wildman–Crippen LogP) is 1.83. The van der Waals surface area contributed by atoms with Crippen LogP contribution in [-0.2, 0) is 13.1 Å². The van der Waals surface area contributed by atoms with Crippen LogP contribution in [-0.4, -0.2) is 32.2 Å². The van der Waals surface area contributed by atoms with Crippen LogP contribution in [0.2, 0.25) is 0 Å². The van der Waals surface area contributed by atoms with E-state index in [-0.39, 0.29) is 12.1 Å². The maximum atomic E-state index is 9.31. The summed E-state index contributed by atoms with van der Waals surface area (Å²) in [6, 6.07) is 10.0. The Bertz CT molecular complexity index is 548. The fraction of sp³-hybridized carbons (Fsp3) is 0.467. The predicted molar refractivity (Wildman–Crippen MR) is 79.1 cm³/mol. The minimum absolute atomic E-state index is 0.0790. The van der Waals surface area contributed by atoms with Crippen molar-refractivity contribution in [3.63, 3.8) is 0 Å². The second-order valence-corrected chi connectivity index (χ2v) is 5.45. The second kappa shape index (κ2) is 6.15. The molecule has 0 saturated carbocycles. The van der Waals surface area contributed by atoms with Gasteiger partial charge in [0.2, 0.25) is 0 Å². The van der Waals surface area contributed by atoms with Crippen molar-refractivity contribution in [2.75, 3.05) is 6.61 Å². The zero-order chi connectivity index (χ0) is 14.6. The van der Waals surface area contributed by atoms with Crippen molar-refractivity contribution in [2.45, 2.75) is 39.4 Å². The van der Waals surface area contributed by atoms with E-state index < -0.39 is 0 Å². The lowest BCUT2D eigenvalue weighted by molar-refractivity contribution is 0.187. The zero-order valence-electron chi connectivity index (χ0n) is 12.3. The van der Waals surface area contributed by atoms with Crippen LogP contribution in [0.15, 0.2) is 30.3 Å². The number of rotatable bonds is 6. The largest absolute Gasteiger partial charge is 0.394 e. The Balaban J connectivity index is 2.26. The summed E-state index contributed by atoms with van der Waals surface area (Å²) in [4.78, 5) is 1.70. The maximum Gasteiger partial charge on any atom is 0.117 e.